The van der Waals surface area contributed by atoms with Crippen LogP contribution < -0.4 is 10.5 Å². The van der Waals surface area contributed by atoms with Gasteiger partial charge in [0.2, 0.25) is 0 Å². The minimum Gasteiger partial charge on any atom is -0.497 e. The number of hydrogen-bond donors (Lipinski definition) is 1. The molecule has 2 aromatic rings. The molecule has 0 fully saturated rings. The standard InChI is InChI=1S/C16H18N2O3/c1-3-16(17,12-7-9-15(21-2)10-8-12)13-5-4-6-14(11-13)18(19)20/h4-11H,3,17H2,1-2H3. The molecule has 1 unspecified atom stereocenters. The first-order valence-corrected chi connectivity index (χ1v) is 6.69. The van der Waals surface area contributed by atoms with Gasteiger partial charge in [-0.05, 0) is 29.7 Å². The Kier molecular flexibility index (Phi) is 4.23. The largest absolute Gasteiger partial charge is 0.497 e. The molecule has 5 heteroatoms. The second-order valence-electron chi connectivity index (χ2n) is 4.86. The highest BCUT2D eigenvalue weighted by Gasteiger charge is 2.29. The van der Waals surface area contributed by atoms with E-state index in [-0.39, 0.29) is 5.69 Å². The number of nitro groups is 1. The number of ether oxygens (including phenoxy) is 1. The molecular formula is C16H18N2O3. The fraction of sp³-hybridized carbons (Fsp3) is 0.250. The molecule has 0 aliphatic heterocycles. The molecule has 2 N–H and O–H groups in total. The van der Waals surface area contributed by atoms with Gasteiger partial charge in [0.15, 0.2) is 0 Å². The lowest BCUT2D eigenvalue weighted by atomic mass is 9.81. The maximum Gasteiger partial charge on any atom is 0.269 e. The molecule has 0 saturated carbocycles. The zero-order chi connectivity index (χ0) is 15.5. The fourth-order valence-corrected chi connectivity index (χ4v) is 2.36. The fourth-order valence-electron chi connectivity index (χ4n) is 2.36. The van der Waals surface area contributed by atoms with Crippen molar-refractivity contribution in [2.45, 2.75) is 18.9 Å². The minimum absolute atomic E-state index is 0.0456. The van der Waals surface area contributed by atoms with E-state index >= 15 is 0 Å². The van der Waals surface area contributed by atoms with E-state index in [9.17, 15) is 10.1 Å². The molecule has 0 heterocycles. The lowest BCUT2D eigenvalue weighted by Gasteiger charge is -2.29. The number of methoxy groups -OCH3 is 1. The van der Waals surface area contributed by atoms with E-state index in [2.05, 4.69) is 0 Å². The van der Waals surface area contributed by atoms with Crippen molar-refractivity contribution in [1.29, 1.82) is 0 Å². The molecule has 110 valence electrons. The Bertz CT molecular complexity index is 640. The van der Waals surface area contributed by atoms with E-state index in [4.69, 9.17) is 10.5 Å². The van der Waals surface area contributed by atoms with Crippen LogP contribution in [0, 0.1) is 10.1 Å². The van der Waals surface area contributed by atoms with Crippen LogP contribution in [0.3, 0.4) is 0 Å². The Morgan fingerprint density at radius 2 is 1.86 bits per heavy atom. The van der Waals surface area contributed by atoms with E-state index in [0.29, 0.717) is 6.42 Å². The van der Waals surface area contributed by atoms with Crippen molar-refractivity contribution in [3.05, 3.63) is 69.8 Å². The third kappa shape index (κ3) is 2.87. The van der Waals surface area contributed by atoms with Crippen LogP contribution in [-0.4, -0.2) is 12.0 Å². The molecule has 0 aliphatic rings. The van der Waals surface area contributed by atoms with E-state index in [0.717, 1.165) is 16.9 Å². The molecule has 0 spiro atoms. The summed E-state index contributed by atoms with van der Waals surface area (Å²) in [6.07, 6.45) is 0.625. The van der Waals surface area contributed by atoms with Gasteiger partial charge >= 0.3 is 0 Å². The summed E-state index contributed by atoms with van der Waals surface area (Å²) in [6.45, 7) is 1.96. The number of nitro benzene ring substituents is 1. The van der Waals surface area contributed by atoms with E-state index in [1.165, 1.54) is 12.1 Å². The summed E-state index contributed by atoms with van der Waals surface area (Å²) in [5.74, 6) is 0.747. The van der Waals surface area contributed by atoms with Crippen molar-refractivity contribution < 1.29 is 9.66 Å². The van der Waals surface area contributed by atoms with Gasteiger partial charge in [-0.15, -0.1) is 0 Å². The summed E-state index contributed by atoms with van der Waals surface area (Å²) in [5.41, 5.74) is 7.44. The average molecular weight is 286 g/mol. The SMILES string of the molecule is CCC(N)(c1ccc(OC)cc1)c1cccc([N+](=O)[O-])c1. The topological polar surface area (TPSA) is 78.4 Å². The Hall–Kier alpha value is -2.40. The Morgan fingerprint density at radius 3 is 2.38 bits per heavy atom. The van der Waals surface area contributed by atoms with Gasteiger partial charge in [0.25, 0.3) is 5.69 Å². The Morgan fingerprint density at radius 1 is 1.19 bits per heavy atom. The summed E-state index contributed by atoms with van der Waals surface area (Å²) in [7, 11) is 1.60. The number of hydrogen-bond acceptors (Lipinski definition) is 4. The number of benzene rings is 2. The van der Waals surface area contributed by atoms with Crippen LogP contribution in [0.25, 0.3) is 0 Å². The average Bonchev–Trinajstić information content (AvgIpc) is 2.54. The summed E-state index contributed by atoms with van der Waals surface area (Å²) in [4.78, 5) is 10.5. The van der Waals surface area contributed by atoms with Crippen LogP contribution in [-0.2, 0) is 5.54 Å². The molecule has 1 atom stereocenters. The summed E-state index contributed by atoms with van der Waals surface area (Å²) < 4.78 is 5.14. The third-order valence-electron chi connectivity index (χ3n) is 3.73. The van der Waals surface area contributed by atoms with Gasteiger partial charge in [-0.2, -0.15) is 0 Å². The molecular weight excluding hydrogens is 268 g/mol. The zero-order valence-corrected chi connectivity index (χ0v) is 12.1. The molecule has 5 nitrogen and oxygen atoms in total. The van der Waals surface area contributed by atoms with Crippen molar-refractivity contribution in [2.75, 3.05) is 7.11 Å². The highest BCUT2D eigenvalue weighted by Crippen LogP contribution is 2.32. The molecule has 0 amide bonds. The second kappa shape index (κ2) is 5.93. The second-order valence-corrected chi connectivity index (χ2v) is 4.86. The monoisotopic (exact) mass is 286 g/mol. The van der Waals surface area contributed by atoms with E-state index in [1.54, 1.807) is 13.2 Å². The number of rotatable bonds is 5. The van der Waals surface area contributed by atoms with Gasteiger partial charge in [-0.3, -0.25) is 10.1 Å². The van der Waals surface area contributed by atoms with Gasteiger partial charge in [-0.1, -0.05) is 31.2 Å². The van der Waals surface area contributed by atoms with Crippen LogP contribution in [0.15, 0.2) is 48.5 Å². The first-order chi connectivity index (χ1) is 10.0. The van der Waals surface area contributed by atoms with Gasteiger partial charge in [0, 0.05) is 12.1 Å². The van der Waals surface area contributed by atoms with Crippen LogP contribution in [0.4, 0.5) is 5.69 Å². The van der Waals surface area contributed by atoms with Crippen LogP contribution >= 0.6 is 0 Å². The lowest BCUT2D eigenvalue weighted by molar-refractivity contribution is -0.385. The molecule has 0 saturated heterocycles. The first kappa shape index (κ1) is 15.0. The van der Waals surface area contributed by atoms with Gasteiger partial charge in [-0.25, -0.2) is 0 Å². The quantitative estimate of drug-likeness (QED) is 0.676. The normalized spacial score (nSPS) is 13.5. The smallest absolute Gasteiger partial charge is 0.269 e. The molecule has 0 aliphatic carbocycles. The highest BCUT2D eigenvalue weighted by molar-refractivity contribution is 5.44. The number of nitrogens with two attached hydrogens (primary N) is 1. The van der Waals surface area contributed by atoms with Gasteiger partial charge in [0.05, 0.1) is 17.6 Å². The van der Waals surface area contributed by atoms with Crippen LogP contribution in [0.1, 0.15) is 24.5 Å². The van der Waals surface area contributed by atoms with Gasteiger partial charge in [0.1, 0.15) is 5.75 Å². The molecule has 0 bridgehead atoms. The Balaban J connectivity index is 2.48. The maximum absolute atomic E-state index is 10.9. The minimum atomic E-state index is -0.766. The summed E-state index contributed by atoms with van der Waals surface area (Å²) in [6, 6.07) is 13.9. The number of nitrogens with zero attached hydrogens (tertiary/aromatic N) is 1. The van der Waals surface area contributed by atoms with Crippen LogP contribution in [0.5, 0.6) is 5.75 Å². The van der Waals surface area contributed by atoms with E-state index < -0.39 is 10.5 Å². The van der Waals surface area contributed by atoms with Crippen LogP contribution in [0.2, 0.25) is 0 Å². The first-order valence-electron chi connectivity index (χ1n) is 6.69. The van der Waals surface area contributed by atoms with Crippen molar-refractivity contribution in [1.82, 2.24) is 0 Å². The summed E-state index contributed by atoms with van der Waals surface area (Å²) in [5, 5.41) is 10.9. The van der Waals surface area contributed by atoms with Gasteiger partial charge < -0.3 is 10.5 Å². The predicted molar refractivity (Wildman–Crippen MR) is 81.3 cm³/mol. The van der Waals surface area contributed by atoms with Crippen molar-refractivity contribution >= 4 is 5.69 Å². The molecule has 2 rings (SSSR count). The Labute approximate surface area is 123 Å². The molecule has 21 heavy (non-hydrogen) atoms. The van der Waals surface area contributed by atoms with Crippen molar-refractivity contribution in [3.63, 3.8) is 0 Å². The number of non-ortho nitro benzene ring substituents is 1. The third-order valence-corrected chi connectivity index (χ3v) is 3.73. The van der Waals surface area contributed by atoms with E-state index in [1.807, 2.05) is 37.3 Å². The zero-order valence-electron chi connectivity index (χ0n) is 12.1. The molecule has 0 radical (unpaired) electrons. The lowest BCUT2D eigenvalue weighted by Crippen LogP contribution is -2.37. The maximum atomic E-state index is 10.9. The van der Waals surface area contributed by atoms with Crippen molar-refractivity contribution in [3.8, 4) is 5.75 Å². The molecule has 2 aromatic carbocycles. The predicted octanol–water partition coefficient (Wildman–Crippen LogP) is 3.22. The molecule has 0 aromatic heterocycles. The van der Waals surface area contributed by atoms with Crippen molar-refractivity contribution in [2.24, 2.45) is 5.73 Å². The highest BCUT2D eigenvalue weighted by atomic mass is 16.6. The summed E-state index contributed by atoms with van der Waals surface area (Å²) >= 11 is 0.